The number of hydrogen-bond acceptors (Lipinski definition) is 4. The molecule has 0 spiro atoms. The Labute approximate surface area is 154 Å². The normalized spacial score (nSPS) is 41.5. The van der Waals surface area contributed by atoms with Crippen LogP contribution >= 0.6 is 0 Å². The zero-order valence-corrected chi connectivity index (χ0v) is 12.4. The lowest BCUT2D eigenvalue weighted by Crippen LogP contribution is -2.38. The highest BCUT2D eigenvalue weighted by atomic mass is 19.1. The first-order valence-corrected chi connectivity index (χ1v) is 7.18. The molecule has 1 fully saturated rings. The molecule has 24 heavy (non-hydrogen) atoms. The van der Waals surface area contributed by atoms with Crippen molar-refractivity contribution < 1.29 is 32.3 Å². The summed E-state index contributed by atoms with van der Waals surface area (Å²) in [7, 11) is 0. The molecule has 0 aliphatic carbocycles. The lowest BCUT2D eigenvalue weighted by atomic mass is 9.81. The molecule has 4 nitrogen and oxygen atoms in total. The maximum absolute atomic E-state index is 13.5. The zero-order chi connectivity index (χ0) is 25.4. The maximum atomic E-state index is 13.5. The second-order valence-corrected chi connectivity index (χ2v) is 5.06. The lowest BCUT2D eigenvalue weighted by Gasteiger charge is -2.32. The minimum Gasteiger partial charge on any atom is -0.493 e. The van der Waals surface area contributed by atoms with Gasteiger partial charge in [0.1, 0.15) is 14.3 Å². The molecule has 126 valence electrons. The zero-order valence-electron chi connectivity index (χ0n) is 22.4. The summed E-state index contributed by atoms with van der Waals surface area (Å²) >= 11 is 0. The predicted molar refractivity (Wildman–Crippen MR) is 88.2 cm³/mol. The molecular weight excluding hydrogens is 309 g/mol. The monoisotopic (exact) mass is 339 g/mol. The number of fused-ring (bicyclic) bond motifs is 1. The lowest BCUT2D eigenvalue weighted by molar-refractivity contribution is 0.173. The molecular formula is C19H20FNO3. The Morgan fingerprint density at radius 3 is 2.96 bits per heavy atom. The number of rotatable bonds is 4. The average molecular weight is 339 g/mol. The van der Waals surface area contributed by atoms with Crippen molar-refractivity contribution in [2.45, 2.75) is 12.3 Å². The second-order valence-electron chi connectivity index (χ2n) is 5.06. The van der Waals surface area contributed by atoms with Gasteiger partial charge >= 0.3 is 0 Å². The second kappa shape index (κ2) is 6.69. The van der Waals surface area contributed by atoms with Crippen molar-refractivity contribution >= 4 is 0 Å². The smallest absolute Gasteiger partial charge is 0.231 e. The molecule has 1 unspecified atom stereocenters. The molecule has 4 rings (SSSR count). The van der Waals surface area contributed by atoms with Gasteiger partial charge in [0.05, 0.1) is 9.30 Å². The van der Waals surface area contributed by atoms with E-state index in [1.54, 1.807) is 0 Å². The van der Waals surface area contributed by atoms with Crippen LogP contribution in [0.5, 0.6) is 17.2 Å². The van der Waals surface area contributed by atoms with E-state index in [-0.39, 0.29) is 22.8 Å². The first-order chi connectivity index (χ1) is 15.4. The summed E-state index contributed by atoms with van der Waals surface area (Å²) in [5.41, 5.74) is -0.176. The maximum Gasteiger partial charge on any atom is 0.231 e. The van der Waals surface area contributed by atoms with Crippen LogP contribution in [-0.2, 0) is 0 Å². The predicted octanol–water partition coefficient (Wildman–Crippen LogP) is 3.33. The summed E-state index contributed by atoms with van der Waals surface area (Å²) in [5.74, 6) is -6.78. The van der Waals surface area contributed by atoms with Crippen molar-refractivity contribution in [1.82, 2.24) is 5.32 Å². The summed E-state index contributed by atoms with van der Waals surface area (Å²) in [6, 6.07) is 7.62. The Balaban J connectivity index is 1.80. The minimum atomic E-state index is -3.27. The Morgan fingerprint density at radius 2 is 2.08 bits per heavy atom. The molecule has 0 aromatic heterocycles. The highest BCUT2D eigenvalue weighted by Crippen LogP contribution is 2.36. The van der Waals surface area contributed by atoms with Gasteiger partial charge in [-0.15, -0.1) is 0 Å². The molecule has 2 aliphatic heterocycles. The number of hydrogen-bond donors (Lipinski definition) is 1. The van der Waals surface area contributed by atoms with Gasteiger partial charge in [-0.3, -0.25) is 0 Å². The van der Waals surface area contributed by atoms with Crippen LogP contribution < -0.4 is 19.5 Å². The van der Waals surface area contributed by atoms with Crippen LogP contribution in [0, 0.1) is 11.7 Å². The molecule has 1 N–H and O–H groups in total. The quantitative estimate of drug-likeness (QED) is 0.927. The van der Waals surface area contributed by atoms with Gasteiger partial charge in [0.25, 0.3) is 0 Å². The van der Waals surface area contributed by atoms with E-state index >= 15 is 0 Å². The van der Waals surface area contributed by atoms with Crippen molar-refractivity contribution in [2.75, 3.05) is 26.3 Å². The van der Waals surface area contributed by atoms with E-state index < -0.39 is 50.3 Å². The van der Waals surface area contributed by atoms with Crippen LogP contribution in [0.4, 0.5) is 4.39 Å². The Morgan fingerprint density at radius 1 is 1.25 bits per heavy atom. The highest BCUT2D eigenvalue weighted by Gasteiger charge is 2.27. The molecule has 2 aliphatic rings. The molecule has 1 saturated heterocycles. The largest absolute Gasteiger partial charge is 0.493 e. The molecule has 2 atom stereocenters. The summed E-state index contributed by atoms with van der Waals surface area (Å²) in [6.07, 6.45) is -0.848. The third-order valence-electron chi connectivity index (χ3n) is 3.52. The minimum absolute atomic E-state index is 0.0162. The van der Waals surface area contributed by atoms with Crippen LogP contribution in [0.1, 0.15) is 31.6 Å². The molecule has 2 aromatic rings. The van der Waals surface area contributed by atoms with E-state index in [4.69, 9.17) is 27.9 Å². The third-order valence-corrected chi connectivity index (χ3v) is 3.52. The van der Waals surface area contributed by atoms with Crippen LogP contribution in [0.25, 0.3) is 0 Å². The van der Waals surface area contributed by atoms with Crippen molar-refractivity contribution in [3.8, 4) is 17.2 Å². The van der Waals surface area contributed by atoms with E-state index in [0.717, 1.165) is 30.3 Å². The fourth-order valence-corrected chi connectivity index (χ4v) is 2.32. The van der Waals surface area contributed by atoms with Crippen molar-refractivity contribution in [1.29, 1.82) is 0 Å². The molecule has 0 bridgehead atoms. The molecule has 0 radical (unpaired) electrons. The Bertz CT molecular complexity index is 1120. The van der Waals surface area contributed by atoms with Crippen LogP contribution in [0.2, 0.25) is 0 Å². The van der Waals surface area contributed by atoms with E-state index in [1.807, 2.05) is 5.32 Å². The van der Waals surface area contributed by atoms with E-state index in [9.17, 15) is 4.39 Å². The van der Waals surface area contributed by atoms with Gasteiger partial charge in [-0.05, 0) is 48.6 Å². The van der Waals surface area contributed by atoms with Crippen molar-refractivity contribution in [3.63, 3.8) is 0 Å². The number of nitrogens with one attached hydrogen (secondary N) is 1. The fourth-order valence-electron chi connectivity index (χ4n) is 2.32. The Hall–Kier alpha value is -2.27. The van der Waals surface area contributed by atoms with Gasteiger partial charge in [-0.1, -0.05) is 12.1 Å². The van der Waals surface area contributed by atoms with E-state index in [0.29, 0.717) is 0 Å². The number of halogens is 1. The number of piperidine rings is 1. The average Bonchev–Trinajstić information content (AvgIpc) is 2.98. The van der Waals surface area contributed by atoms with Crippen LogP contribution in [0.15, 0.2) is 42.5 Å². The van der Waals surface area contributed by atoms with Gasteiger partial charge in [0.2, 0.25) is 6.75 Å². The first kappa shape index (κ1) is 7.74. The van der Waals surface area contributed by atoms with E-state index in [2.05, 4.69) is 0 Å². The van der Waals surface area contributed by atoms with Crippen molar-refractivity contribution in [2.24, 2.45) is 5.89 Å². The first-order valence-electron chi connectivity index (χ1n) is 12.2. The van der Waals surface area contributed by atoms with Crippen LogP contribution in [0.3, 0.4) is 0 Å². The molecule has 0 saturated carbocycles. The van der Waals surface area contributed by atoms with E-state index in [1.165, 1.54) is 12.1 Å². The highest BCUT2D eigenvalue weighted by molar-refractivity contribution is 5.46. The molecule has 2 heterocycles. The standard InChI is InChI=1S/C19H20FNO3/c20-15-3-1-13(2-4-15)17-7-8-21-10-14(17)11-22-16-5-6-18-19(9-16)24-12-23-18/h1-6,9,14,17,21H,7-8,10-12H2/t14-,17?/m1/s1/i8D2,10D2,11D2,12D2,14D,17D. The SMILES string of the molecule is [2H]C1([2H])CC([2H])(c2ccc(F)cc2)[C@@]([2H])(C([2H])([2H])Oc2ccc3c(c2)OC([2H])([2H])O3)C([2H])([2H])N1. The number of ether oxygens (including phenoxy) is 3. The molecule has 5 heteroatoms. The summed E-state index contributed by atoms with van der Waals surface area (Å²) in [6.45, 7) is -11.4. The summed E-state index contributed by atoms with van der Waals surface area (Å²) < 4.78 is 112. The molecule has 0 amide bonds. The van der Waals surface area contributed by atoms with Gasteiger partial charge in [0, 0.05) is 26.7 Å². The Kier molecular flexibility index (Phi) is 2.16. The summed E-state index contributed by atoms with van der Waals surface area (Å²) in [5, 5.41) is 1.97. The fraction of sp³-hybridized carbons (Fsp3) is 0.368. The topological polar surface area (TPSA) is 39.7 Å². The van der Waals surface area contributed by atoms with Gasteiger partial charge in [-0.2, -0.15) is 0 Å². The summed E-state index contributed by atoms with van der Waals surface area (Å²) in [4.78, 5) is 0. The van der Waals surface area contributed by atoms with Gasteiger partial charge < -0.3 is 19.5 Å². The van der Waals surface area contributed by atoms with Gasteiger partial charge in [-0.25, -0.2) is 4.39 Å². The number of benzene rings is 2. The molecule has 2 aromatic carbocycles. The van der Waals surface area contributed by atoms with Gasteiger partial charge in [0.15, 0.2) is 11.5 Å². The van der Waals surface area contributed by atoms with Crippen molar-refractivity contribution in [3.05, 3.63) is 53.8 Å². The van der Waals surface area contributed by atoms with Crippen LogP contribution in [-0.4, -0.2) is 26.3 Å². The third kappa shape index (κ3) is 3.17.